The second-order valence-corrected chi connectivity index (χ2v) is 6.51. The number of anilines is 1. The van der Waals surface area contributed by atoms with Gasteiger partial charge in [0.1, 0.15) is 0 Å². The van der Waals surface area contributed by atoms with Gasteiger partial charge in [0.05, 0.1) is 29.8 Å². The molecule has 0 saturated carbocycles. The molecular weight excluding hydrogens is 338 g/mol. The quantitative estimate of drug-likeness (QED) is 0.477. The Labute approximate surface area is 150 Å². The maximum absolute atomic E-state index is 12.6. The van der Waals surface area contributed by atoms with Gasteiger partial charge in [-0.3, -0.25) is 14.4 Å². The summed E-state index contributed by atoms with van der Waals surface area (Å²) in [6, 6.07) is 12.0. The fourth-order valence-corrected chi connectivity index (χ4v) is 3.64. The summed E-state index contributed by atoms with van der Waals surface area (Å²) in [7, 11) is 1.35. The van der Waals surface area contributed by atoms with Crippen molar-refractivity contribution in [3.8, 4) is 0 Å². The van der Waals surface area contributed by atoms with E-state index in [2.05, 4.69) is 0 Å². The van der Waals surface area contributed by atoms with Gasteiger partial charge in [-0.25, -0.2) is 4.90 Å². The van der Waals surface area contributed by atoms with Crippen molar-refractivity contribution >= 4 is 35.2 Å². The molecule has 0 bridgehead atoms. The zero-order valence-electron chi connectivity index (χ0n) is 14.1. The first-order valence-electron chi connectivity index (χ1n) is 7.73. The van der Waals surface area contributed by atoms with Crippen molar-refractivity contribution in [3.05, 3.63) is 59.2 Å². The van der Waals surface area contributed by atoms with Crippen LogP contribution < -0.4 is 4.90 Å². The van der Waals surface area contributed by atoms with Crippen LogP contribution >= 0.6 is 11.8 Å². The number of imide groups is 1. The van der Waals surface area contributed by atoms with Gasteiger partial charge < -0.3 is 4.74 Å². The second kappa shape index (κ2) is 6.72. The summed E-state index contributed by atoms with van der Waals surface area (Å²) in [4.78, 5) is 39.0. The molecule has 1 unspecified atom stereocenters. The third-order valence-electron chi connectivity index (χ3n) is 4.29. The summed E-state index contributed by atoms with van der Waals surface area (Å²) in [6.45, 7) is 1.77. The number of fused-ring (bicyclic) bond motifs is 1. The van der Waals surface area contributed by atoms with Crippen LogP contribution in [0.15, 0.2) is 47.4 Å². The molecule has 0 fully saturated rings. The lowest BCUT2D eigenvalue weighted by molar-refractivity contribution is -0.142. The molecule has 1 heterocycles. The molecule has 0 aromatic heterocycles. The van der Waals surface area contributed by atoms with Gasteiger partial charge in [-0.05, 0) is 43.0 Å². The van der Waals surface area contributed by atoms with E-state index in [1.54, 1.807) is 49.4 Å². The zero-order valence-corrected chi connectivity index (χ0v) is 14.9. The van der Waals surface area contributed by atoms with E-state index in [1.165, 1.54) is 23.8 Å². The van der Waals surface area contributed by atoms with Crippen molar-refractivity contribution < 1.29 is 19.1 Å². The Morgan fingerprint density at radius 3 is 2.20 bits per heavy atom. The Kier molecular flexibility index (Phi) is 4.63. The van der Waals surface area contributed by atoms with Crippen LogP contribution in [-0.4, -0.2) is 31.1 Å². The van der Waals surface area contributed by atoms with Crippen LogP contribution in [0, 0.1) is 0 Å². The molecule has 6 heteroatoms. The Bertz CT molecular complexity index is 842. The molecule has 1 aliphatic rings. The molecule has 128 valence electrons. The third-order valence-corrected chi connectivity index (χ3v) is 5.08. The lowest BCUT2D eigenvalue weighted by atomic mass is 10.0. The average Bonchev–Trinajstić information content (AvgIpc) is 2.91. The number of benzene rings is 2. The molecule has 25 heavy (non-hydrogen) atoms. The van der Waals surface area contributed by atoms with Gasteiger partial charge in [0.25, 0.3) is 11.8 Å². The number of nitrogens with zero attached hydrogens (tertiary/aromatic N) is 1. The summed E-state index contributed by atoms with van der Waals surface area (Å²) in [6.07, 6.45) is 1.88. The van der Waals surface area contributed by atoms with Crippen molar-refractivity contribution in [2.24, 2.45) is 0 Å². The van der Waals surface area contributed by atoms with Crippen LogP contribution in [0.5, 0.6) is 0 Å². The fraction of sp³-hybridized carbons (Fsp3) is 0.211. The normalized spacial score (nSPS) is 14.4. The number of thioether (sulfide) groups is 1. The molecule has 3 rings (SSSR count). The number of carbonyl (C=O) groups excluding carboxylic acids is 3. The molecule has 2 aromatic carbocycles. The fourth-order valence-electron chi connectivity index (χ4n) is 2.92. The summed E-state index contributed by atoms with van der Waals surface area (Å²) in [5.74, 6) is -1.42. The third kappa shape index (κ3) is 2.82. The Morgan fingerprint density at radius 1 is 1.08 bits per heavy atom. The molecule has 0 saturated heterocycles. The predicted octanol–water partition coefficient (Wildman–Crippen LogP) is 3.49. The van der Waals surface area contributed by atoms with E-state index in [4.69, 9.17) is 4.74 Å². The molecule has 0 spiro atoms. The second-order valence-electron chi connectivity index (χ2n) is 5.66. The van der Waals surface area contributed by atoms with Crippen molar-refractivity contribution in [2.45, 2.75) is 17.7 Å². The Balaban J connectivity index is 2.01. The molecule has 1 aliphatic heterocycles. The number of methoxy groups -OCH3 is 1. The van der Waals surface area contributed by atoms with Gasteiger partial charge in [-0.15, -0.1) is 11.8 Å². The topological polar surface area (TPSA) is 63.7 Å². The van der Waals surface area contributed by atoms with Gasteiger partial charge in [-0.1, -0.05) is 18.2 Å². The highest BCUT2D eigenvalue weighted by atomic mass is 32.2. The van der Waals surface area contributed by atoms with E-state index in [1.807, 2.05) is 6.26 Å². The van der Waals surface area contributed by atoms with Crippen molar-refractivity contribution in [1.29, 1.82) is 0 Å². The number of rotatable bonds is 4. The standard InChI is InChI=1S/C19H17NO4S/c1-11(19(23)24-2)13-9-8-12(10-16(13)25-3)20-17(21)14-6-4-5-7-15(14)18(20)22/h4-11H,1-3H3. The lowest BCUT2D eigenvalue weighted by Gasteiger charge is -2.18. The highest BCUT2D eigenvalue weighted by molar-refractivity contribution is 7.98. The Hall–Kier alpha value is -2.60. The van der Waals surface area contributed by atoms with Gasteiger partial charge in [0.2, 0.25) is 0 Å². The first kappa shape index (κ1) is 17.2. The SMILES string of the molecule is COC(=O)C(C)c1ccc(N2C(=O)c3ccccc3C2=O)cc1SC. The lowest BCUT2D eigenvalue weighted by Crippen LogP contribution is -2.29. The summed E-state index contributed by atoms with van der Waals surface area (Å²) in [5, 5.41) is 0. The molecule has 1 atom stereocenters. The molecule has 0 aliphatic carbocycles. The van der Waals surface area contributed by atoms with E-state index >= 15 is 0 Å². The van der Waals surface area contributed by atoms with Crippen LogP contribution in [0.2, 0.25) is 0 Å². The minimum atomic E-state index is -0.427. The van der Waals surface area contributed by atoms with Gasteiger partial charge in [-0.2, -0.15) is 0 Å². The van der Waals surface area contributed by atoms with E-state index in [0.29, 0.717) is 16.8 Å². The summed E-state index contributed by atoms with van der Waals surface area (Å²) < 4.78 is 4.81. The van der Waals surface area contributed by atoms with Gasteiger partial charge in [0.15, 0.2) is 0 Å². The van der Waals surface area contributed by atoms with Gasteiger partial charge >= 0.3 is 5.97 Å². The van der Waals surface area contributed by atoms with E-state index in [-0.39, 0.29) is 17.8 Å². The van der Waals surface area contributed by atoms with Crippen LogP contribution in [0.3, 0.4) is 0 Å². The van der Waals surface area contributed by atoms with E-state index in [0.717, 1.165) is 10.5 Å². The molecule has 5 nitrogen and oxygen atoms in total. The van der Waals surface area contributed by atoms with E-state index in [9.17, 15) is 14.4 Å². The first-order chi connectivity index (χ1) is 12.0. The van der Waals surface area contributed by atoms with Crippen LogP contribution in [0.4, 0.5) is 5.69 Å². The van der Waals surface area contributed by atoms with Crippen LogP contribution in [0.1, 0.15) is 39.1 Å². The summed E-state index contributed by atoms with van der Waals surface area (Å²) in [5.41, 5.74) is 2.12. The molecular formula is C19H17NO4S. The number of ether oxygens (including phenoxy) is 1. The van der Waals surface area contributed by atoms with Crippen LogP contribution in [-0.2, 0) is 9.53 Å². The minimum absolute atomic E-state index is 0.330. The van der Waals surface area contributed by atoms with Crippen molar-refractivity contribution in [3.63, 3.8) is 0 Å². The molecule has 0 N–H and O–H groups in total. The minimum Gasteiger partial charge on any atom is -0.469 e. The Morgan fingerprint density at radius 2 is 1.68 bits per heavy atom. The van der Waals surface area contributed by atoms with Crippen LogP contribution in [0.25, 0.3) is 0 Å². The van der Waals surface area contributed by atoms with E-state index < -0.39 is 5.92 Å². The molecule has 0 radical (unpaired) electrons. The number of hydrogen-bond acceptors (Lipinski definition) is 5. The first-order valence-corrected chi connectivity index (χ1v) is 8.95. The number of esters is 1. The largest absolute Gasteiger partial charge is 0.469 e. The average molecular weight is 355 g/mol. The van der Waals surface area contributed by atoms with Gasteiger partial charge in [0, 0.05) is 4.90 Å². The van der Waals surface area contributed by atoms with Crippen molar-refractivity contribution in [1.82, 2.24) is 0 Å². The maximum atomic E-state index is 12.6. The number of amides is 2. The number of carbonyl (C=O) groups is 3. The van der Waals surface area contributed by atoms with Crippen molar-refractivity contribution in [2.75, 3.05) is 18.3 Å². The highest BCUT2D eigenvalue weighted by Gasteiger charge is 2.36. The molecule has 2 amide bonds. The smallest absolute Gasteiger partial charge is 0.312 e. The molecule has 2 aromatic rings. The monoisotopic (exact) mass is 355 g/mol. The maximum Gasteiger partial charge on any atom is 0.312 e. The zero-order chi connectivity index (χ0) is 18.1. The number of hydrogen-bond donors (Lipinski definition) is 0. The summed E-state index contributed by atoms with van der Waals surface area (Å²) >= 11 is 1.45. The predicted molar refractivity (Wildman–Crippen MR) is 96.2 cm³/mol. The highest BCUT2D eigenvalue weighted by Crippen LogP contribution is 2.35.